The lowest BCUT2D eigenvalue weighted by atomic mass is 9.93. The maximum atomic E-state index is 13.3. The van der Waals surface area contributed by atoms with E-state index >= 15 is 0 Å². The van der Waals surface area contributed by atoms with Gasteiger partial charge in [-0.3, -0.25) is 24.0 Å². The number of rotatable bonds is 33. The van der Waals surface area contributed by atoms with Crippen LogP contribution in [0.3, 0.4) is 0 Å². The maximum absolute atomic E-state index is 13.3. The number of carbonyl (C=O) groups is 5. The Morgan fingerprint density at radius 1 is 0.325 bits per heavy atom. The van der Waals surface area contributed by atoms with E-state index in [2.05, 4.69) is 26.6 Å². The van der Waals surface area contributed by atoms with Gasteiger partial charge in [0.15, 0.2) is 50.3 Å². The van der Waals surface area contributed by atoms with Crippen LogP contribution < -0.4 is 26.6 Å². The minimum atomic E-state index is -2.72. The summed E-state index contributed by atoms with van der Waals surface area (Å²) in [6.45, 7) is -4.39. The fourth-order valence-corrected chi connectivity index (χ4v) is 14.3. The van der Waals surface area contributed by atoms with Gasteiger partial charge in [-0.2, -0.15) is 0 Å². The summed E-state index contributed by atoms with van der Waals surface area (Å²) in [7, 11) is 0. The molecule has 8 heterocycles. The Morgan fingerprint density at radius 3 is 1.10 bits per heavy atom. The van der Waals surface area contributed by atoms with Gasteiger partial charge in [-0.25, -0.2) is 0 Å². The summed E-state index contributed by atoms with van der Waals surface area (Å²) in [6.07, 6.45) is -83.4. The van der Waals surface area contributed by atoms with E-state index in [1.54, 1.807) is 0 Å². The molecule has 8 rings (SSSR count). The molecule has 8 fully saturated rings. The van der Waals surface area contributed by atoms with Crippen molar-refractivity contribution in [1.29, 1.82) is 0 Å². The number of ether oxygens (including phenoxy) is 16. The van der Waals surface area contributed by atoms with Crippen LogP contribution >= 0.6 is 0 Å². The standard InChI is InChI=1S/C64H109N5O45/c1-16-35(83)46(94)49(97)61(101-16)99-14-23(82)51(36(84)22(7-70)65-17(2)77)109-60-34(69-21(6)81)45(93)52(29(13-76)107-60)110-62-50(98)54(112-64-56(48(96)41(89)28(12-75)106-64)114-59-33(68-20(5)80)44(92)39(87)26(10-73)104-59)53(111-57-31(66-18(3)78)42(90)37(85)24(8-71)102-57)30(108-62)15-100-63-55(47(95)40(88)27(11-74)105-63)113-58-32(67-19(4)79)43(91)38(86)25(9-72)103-58/h16,22-64,70-76,82-98H,7-15H2,1-6H3,(H,65,77)(H,66,78)(H,67,79)(H,68,80)(H,69,81)/t16-,22-,23+,24+,25+,26+,27+,28+,29+,30+,31+,32+,33-,34+,35+,36+,37+,38+,39+,40+,41+,42+,43+,44+,45+,46+,47-,48-,49-,50-,51+,52+,53+,54+,55-,56-,57-,58-,59-,60-,61+,62-,63-,64+/m0/s1. The molecule has 8 aliphatic heterocycles. The van der Waals surface area contributed by atoms with E-state index in [1.165, 1.54) is 6.92 Å². The van der Waals surface area contributed by atoms with Crippen molar-refractivity contribution in [2.45, 2.75) is 311 Å². The summed E-state index contributed by atoms with van der Waals surface area (Å²) >= 11 is 0. The van der Waals surface area contributed by atoms with Gasteiger partial charge in [-0.05, 0) is 6.92 Å². The van der Waals surface area contributed by atoms with Crippen LogP contribution in [0.1, 0.15) is 41.5 Å². The van der Waals surface area contributed by atoms with Crippen LogP contribution in [-0.2, 0) is 99.8 Å². The Bertz CT molecular complexity index is 3030. The zero-order valence-corrected chi connectivity index (χ0v) is 62.1. The van der Waals surface area contributed by atoms with Crippen molar-refractivity contribution < 1.29 is 222 Å². The highest BCUT2D eigenvalue weighted by Crippen LogP contribution is 2.40. The number of aliphatic hydroxyl groups excluding tert-OH is 24. The van der Waals surface area contributed by atoms with E-state index in [9.17, 15) is 147 Å². The zero-order chi connectivity index (χ0) is 84.5. The lowest BCUT2D eigenvalue weighted by Crippen LogP contribution is -2.71. The van der Waals surface area contributed by atoms with Crippen molar-refractivity contribution in [3.63, 3.8) is 0 Å². The van der Waals surface area contributed by atoms with Crippen molar-refractivity contribution in [1.82, 2.24) is 26.6 Å². The molecule has 0 saturated carbocycles. The first-order chi connectivity index (χ1) is 53.8. The smallest absolute Gasteiger partial charge is 0.217 e. The molecular formula is C64H109N5O45. The molecule has 0 radical (unpaired) electrons. The highest BCUT2D eigenvalue weighted by Gasteiger charge is 2.61. The summed E-state index contributed by atoms with van der Waals surface area (Å²) in [6, 6.07) is -9.52. The molecule has 29 N–H and O–H groups in total. The molecule has 0 aliphatic carbocycles. The number of nitrogens with one attached hydrogen (secondary N) is 5. The van der Waals surface area contributed by atoms with Crippen molar-refractivity contribution in [2.75, 3.05) is 59.5 Å². The fraction of sp³-hybridized carbons (Fsp3) is 0.922. The first-order valence-corrected chi connectivity index (χ1v) is 36.4. The minimum Gasteiger partial charge on any atom is -0.394 e. The molecule has 0 spiro atoms. The summed E-state index contributed by atoms with van der Waals surface area (Å²) in [5.74, 6) is -4.68. The summed E-state index contributed by atoms with van der Waals surface area (Å²) in [5.41, 5.74) is 0. The zero-order valence-electron chi connectivity index (χ0n) is 62.1. The third-order valence-corrected chi connectivity index (χ3v) is 20.4. The third-order valence-electron chi connectivity index (χ3n) is 20.4. The molecule has 44 atom stereocenters. The van der Waals surface area contributed by atoms with Gasteiger partial charge in [0.25, 0.3) is 0 Å². The molecule has 0 unspecified atom stereocenters. The van der Waals surface area contributed by atoms with Crippen molar-refractivity contribution in [2.24, 2.45) is 0 Å². The monoisotopic (exact) mass is 1670 g/mol. The van der Waals surface area contributed by atoms with Crippen LogP contribution in [0, 0.1) is 0 Å². The second kappa shape index (κ2) is 42.3. The highest BCUT2D eigenvalue weighted by atomic mass is 16.8. The second-order valence-electron chi connectivity index (χ2n) is 28.7. The van der Waals surface area contributed by atoms with E-state index < -0.39 is 359 Å². The van der Waals surface area contributed by atoms with Gasteiger partial charge >= 0.3 is 0 Å². The Kier molecular flexibility index (Phi) is 35.3. The molecule has 5 amide bonds. The summed E-state index contributed by atoms with van der Waals surface area (Å²) < 4.78 is 97.2. The van der Waals surface area contributed by atoms with Gasteiger partial charge in [0.2, 0.25) is 29.5 Å². The molecule has 0 bridgehead atoms. The molecule has 0 aromatic carbocycles. The quantitative estimate of drug-likeness (QED) is 0.0290. The Balaban J connectivity index is 1.27. The predicted molar refractivity (Wildman–Crippen MR) is 356 cm³/mol. The first-order valence-electron chi connectivity index (χ1n) is 36.4. The number of hydrogen-bond acceptors (Lipinski definition) is 45. The molecule has 660 valence electrons. The Labute approximate surface area is 647 Å². The highest BCUT2D eigenvalue weighted by molar-refractivity contribution is 5.75. The summed E-state index contributed by atoms with van der Waals surface area (Å²) in [4.78, 5) is 64.0. The molecule has 8 aliphatic rings. The number of hydrogen-bond donors (Lipinski definition) is 29. The Hall–Kier alpha value is -4.25. The molecular weight excluding hydrogens is 1560 g/mol. The van der Waals surface area contributed by atoms with E-state index in [4.69, 9.17) is 75.8 Å². The second-order valence-corrected chi connectivity index (χ2v) is 28.7. The number of carbonyl (C=O) groups excluding carboxylic acids is 5. The molecule has 114 heavy (non-hydrogen) atoms. The van der Waals surface area contributed by atoms with Gasteiger partial charge < -0.3 is 225 Å². The largest absolute Gasteiger partial charge is 0.394 e. The van der Waals surface area contributed by atoms with Crippen LogP contribution in [0.15, 0.2) is 0 Å². The van der Waals surface area contributed by atoms with Crippen molar-refractivity contribution in [3.8, 4) is 0 Å². The first kappa shape index (κ1) is 95.2. The Morgan fingerprint density at radius 2 is 0.684 bits per heavy atom. The van der Waals surface area contributed by atoms with Crippen LogP contribution in [-0.4, -0.2) is 481 Å². The third kappa shape index (κ3) is 22.1. The molecule has 50 nitrogen and oxygen atoms in total. The van der Waals surface area contributed by atoms with Gasteiger partial charge in [-0.15, -0.1) is 0 Å². The van der Waals surface area contributed by atoms with Gasteiger partial charge in [-0.1, -0.05) is 0 Å². The molecule has 0 aromatic heterocycles. The van der Waals surface area contributed by atoms with Crippen molar-refractivity contribution in [3.05, 3.63) is 0 Å². The van der Waals surface area contributed by atoms with Crippen molar-refractivity contribution >= 4 is 29.5 Å². The fourth-order valence-electron chi connectivity index (χ4n) is 14.3. The van der Waals surface area contributed by atoms with Crippen LogP contribution in [0.25, 0.3) is 0 Å². The molecule has 50 heteroatoms. The lowest BCUT2D eigenvalue weighted by molar-refractivity contribution is -0.407. The molecule has 8 saturated heterocycles. The van der Waals surface area contributed by atoms with Crippen LogP contribution in [0.2, 0.25) is 0 Å². The SMILES string of the molecule is CC(=O)N[C@@H]1[C@H](O[C@@H]2[C@@H](O[C@@H]3[C@H](O)[C@H](O[C@H]4[C@H](O)[C@@H](NC(C)=O)[C@H](O[C@@H]([C@H](O)[C@H](CO)NC(C)=O)[C@H](O)CO[C@@H]5O[C@@H](C)[C@@H](O)[C@@H](O)[C@@H]5O)O[C@@H]4CO)O[C@H](CO[C@H]4O[C@H](CO)[C@@H](O)[C@H](O)[C@@H]4O[C@@H]4O[C@H](CO)[C@@H](O)[C@H](O)[C@H]4NC(C)=O)[C@H]3O[C@@H]3O[C@H](CO)[C@@H](O)[C@H](O)[C@H]3NC(C)=O)O[C@H](CO)[C@@H](O)[C@@H]2O)O[C@H](CO)[C@@H](O)[C@@H]1O. The maximum Gasteiger partial charge on any atom is 0.217 e. The van der Waals surface area contributed by atoms with Gasteiger partial charge in [0.1, 0.15) is 207 Å². The van der Waals surface area contributed by atoms with E-state index in [0.717, 1.165) is 34.6 Å². The normalized spacial score (nSPS) is 45.3. The molecule has 0 aromatic rings. The lowest BCUT2D eigenvalue weighted by Gasteiger charge is -2.52. The van der Waals surface area contributed by atoms with E-state index in [1.807, 2.05) is 0 Å². The summed E-state index contributed by atoms with van der Waals surface area (Å²) in [5, 5.41) is 281. The number of aliphatic hydroxyl groups is 24. The topological polar surface area (TPSA) is 779 Å². The predicted octanol–water partition coefficient (Wildman–Crippen LogP) is -19.2. The van der Waals surface area contributed by atoms with Crippen LogP contribution in [0.5, 0.6) is 0 Å². The van der Waals surface area contributed by atoms with Gasteiger partial charge in [0, 0.05) is 34.6 Å². The van der Waals surface area contributed by atoms with Gasteiger partial charge in [0.05, 0.1) is 71.6 Å². The minimum absolute atomic E-state index is 0.871. The van der Waals surface area contributed by atoms with E-state index in [0.29, 0.717) is 0 Å². The van der Waals surface area contributed by atoms with E-state index in [-0.39, 0.29) is 0 Å². The average Bonchev–Trinajstić information content (AvgIpc) is 0.759. The number of amides is 5. The average molecular weight is 1670 g/mol. The van der Waals surface area contributed by atoms with Crippen LogP contribution in [0.4, 0.5) is 0 Å².